The number of rotatable bonds is 3. The molecule has 3 aromatic rings. The van der Waals surface area contributed by atoms with E-state index in [1.54, 1.807) is 0 Å². The Bertz CT molecular complexity index is 1070. The molecule has 0 N–H and O–H groups in total. The van der Waals surface area contributed by atoms with Crippen molar-refractivity contribution in [2.45, 2.75) is 44.9 Å². The third kappa shape index (κ3) is 4.40. The summed E-state index contributed by atoms with van der Waals surface area (Å²) < 4.78 is 27.1. The van der Waals surface area contributed by atoms with E-state index in [2.05, 4.69) is 55.2 Å². The van der Waals surface area contributed by atoms with Crippen LogP contribution in [-0.2, 0) is 19.3 Å². The Morgan fingerprint density at radius 1 is 0.931 bits per heavy atom. The SMILES string of the molecule is CCCc1ccc(C2CCc3cc(C#Cc4cccc(F)c4F)ccc3C2)cc1. The summed E-state index contributed by atoms with van der Waals surface area (Å²) in [6, 6.07) is 19.4. The van der Waals surface area contributed by atoms with E-state index in [9.17, 15) is 8.78 Å². The van der Waals surface area contributed by atoms with Gasteiger partial charge in [-0.05, 0) is 78.1 Å². The fourth-order valence-corrected chi connectivity index (χ4v) is 4.10. The van der Waals surface area contributed by atoms with E-state index in [1.807, 2.05) is 6.07 Å². The van der Waals surface area contributed by atoms with Crippen molar-refractivity contribution < 1.29 is 8.78 Å². The van der Waals surface area contributed by atoms with Gasteiger partial charge in [0.15, 0.2) is 11.6 Å². The van der Waals surface area contributed by atoms with Crippen molar-refractivity contribution in [2.24, 2.45) is 0 Å². The number of hydrogen-bond acceptors (Lipinski definition) is 0. The lowest BCUT2D eigenvalue weighted by Crippen LogP contribution is -2.13. The summed E-state index contributed by atoms with van der Waals surface area (Å²) in [6.07, 6.45) is 5.48. The quantitative estimate of drug-likeness (QED) is 0.446. The molecule has 1 aliphatic carbocycles. The second-order valence-electron chi connectivity index (χ2n) is 7.77. The summed E-state index contributed by atoms with van der Waals surface area (Å²) in [7, 11) is 0. The normalized spacial score (nSPS) is 15.3. The van der Waals surface area contributed by atoms with Crippen LogP contribution >= 0.6 is 0 Å². The topological polar surface area (TPSA) is 0 Å². The van der Waals surface area contributed by atoms with Crippen LogP contribution in [0.5, 0.6) is 0 Å². The highest BCUT2D eigenvalue weighted by molar-refractivity contribution is 5.47. The molecule has 0 radical (unpaired) electrons. The lowest BCUT2D eigenvalue weighted by molar-refractivity contribution is 0.506. The van der Waals surface area contributed by atoms with Crippen LogP contribution in [0.2, 0.25) is 0 Å². The third-order valence-electron chi connectivity index (χ3n) is 5.72. The maximum atomic E-state index is 13.8. The molecule has 0 saturated heterocycles. The van der Waals surface area contributed by atoms with Crippen LogP contribution in [0.25, 0.3) is 0 Å². The Labute approximate surface area is 171 Å². The first-order valence-electron chi connectivity index (χ1n) is 10.3. The summed E-state index contributed by atoms with van der Waals surface area (Å²) >= 11 is 0. The number of halogens is 2. The van der Waals surface area contributed by atoms with Gasteiger partial charge >= 0.3 is 0 Å². The van der Waals surface area contributed by atoms with Crippen molar-refractivity contribution in [2.75, 3.05) is 0 Å². The number of aryl methyl sites for hydroxylation is 2. The standard InChI is InChI=1S/C27H24F2/c1-2-4-19-7-11-21(12-8-19)24-16-15-23-17-20(10-14-25(23)18-24)9-13-22-5-3-6-26(28)27(22)29/h3,5-8,10-12,14,17,24H,2,4,15-16,18H2,1H3. The van der Waals surface area contributed by atoms with Crippen molar-refractivity contribution in [1.82, 2.24) is 0 Å². The van der Waals surface area contributed by atoms with Gasteiger partial charge in [0.1, 0.15) is 0 Å². The van der Waals surface area contributed by atoms with Crippen molar-refractivity contribution in [1.29, 1.82) is 0 Å². The van der Waals surface area contributed by atoms with Gasteiger partial charge in [0.25, 0.3) is 0 Å². The van der Waals surface area contributed by atoms with E-state index in [-0.39, 0.29) is 5.56 Å². The van der Waals surface area contributed by atoms with Crippen molar-refractivity contribution in [3.05, 3.63) is 106 Å². The van der Waals surface area contributed by atoms with Gasteiger partial charge in [-0.25, -0.2) is 8.78 Å². The molecule has 0 spiro atoms. The predicted octanol–water partition coefficient (Wildman–Crippen LogP) is 6.59. The van der Waals surface area contributed by atoms with Gasteiger partial charge in [0.2, 0.25) is 0 Å². The Balaban J connectivity index is 1.50. The van der Waals surface area contributed by atoms with Gasteiger partial charge in [-0.15, -0.1) is 0 Å². The molecule has 146 valence electrons. The molecule has 1 unspecified atom stereocenters. The first-order chi connectivity index (χ1) is 14.1. The molecule has 4 rings (SSSR count). The summed E-state index contributed by atoms with van der Waals surface area (Å²) in [5.41, 5.74) is 6.44. The molecule has 0 amide bonds. The van der Waals surface area contributed by atoms with Gasteiger partial charge in [-0.1, -0.05) is 61.6 Å². The Morgan fingerprint density at radius 2 is 1.76 bits per heavy atom. The zero-order valence-corrected chi connectivity index (χ0v) is 16.6. The van der Waals surface area contributed by atoms with Crippen molar-refractivity contribution in [3.63, 3.8) is 0 Å². The predicted molar refractivity (Wildman–Crippen MR) is 114 cm³/mol. The molecule has 29 heavy (non-hydrogen) atoms. The van der Waals surface area contributed by atoms with E-state index < -0.39 is 11.6 Å². The maximum Gasteiger partial charge on any atom is 0.174 e. The molecular weight excluding hydrogens is 362 g/mol. The van der Waals surface area contributed by atoms with Crippen LogP contribution in [0, 0.1) is 23.5 Å². The lowest BCUT2D eigenvalue weighted by Gasteiger charge is -2.25. The van der Waals surface area contributed by atoms with E-state index in [4.69, 9.17) is 0 Å². The Kier molecular flexibility index (Phi) is 5.76. The van der Waals surface area contributed by atoms with Gasteiger partial charge in [-0.2, -0.15) is 0 Å². The average molecular weight is 386 g/mol. The van der Waals surface area contributed by atoms with Gasteiger partial charge < -0.3 is 0 Å². The minimum atomic E-state index is -0.884. The number of hydrogen-bond donors (Lipinski definition) is 0. The molecule has 0 aromatic heterocycles. The Hall–Kier alpha value is -2.92. The molecule has 0 heterocycles. The monoisotopic (exact) mass is 386 g/mol. The second kappa shape index (κ2) is 8.62. The minimum Gasteiger partial charge on any atom is -0.204 e. The zero-order chi connectivity index (χ0) is 20.2. The first-order valence-corrected chi connectivity index (χ1v) is 10.3. The molecule has 1 aliphatic rings. The highest BCUT2D eigenvalue weighted by Gasteiger charge is 2.20. The molecular formula is C27H24F2. The highest BCUT2D eigenvalue weighted by Crippen LogP contribution is 2.33. The van der Waals surface area contributed by atoms with Crippen LogP contribution in [0.3, 0.4) is 0 Å². The number of benzene rings is 3. The van der Waals surface area contributed by atoms with Gasteiger partial charge in [0, 0.05) is 5.56 Å². The third-order valence-corrected chi connectivity index (χ3v) is 5.72. The fourth-order valence-electron chi connectivity index (χ4n) is 4.10. The Morgan fingerprint density at radius 3 is 2.55 bits per heavy atom. The van der Waals surface area contributed by atoms with Crippen LogP contribution in [-0.4, -0.2) is 0 Å². The molecule has 3 aromatic carbocycles. The average Bonchev–Trinajstić information content (AvgIpc) is 2.75. The molecule has 0 nitrogen and oxygen atoms in total. The summed E-state index contributed by atoms with van der Waals surface area (Å²) in [5, 5.41) is 0. The first kappa shape index (κ1) is 19.4. The van der Waals surface area contributed by atoms with Crippen LogP contribution in [0.1, 0.15) is 59.1 Å². The number of fused-ring (bicyclic) bond motifs is 1. The van der Waals surface area contributed by atoms with Crippen molar-refractivity contribution >= 4 is 0 Å². The molecule has 2 heteroatoms. The summed E-state index contributed by atoms with van der Waals surface area (Å²) in [5.74, 6) is 4.55. The van der Waals surface area contributed by atoms with Crippen LogP contribution in [0.15, 0.2) is 60.7 Å². The zero-order valence-electron chi connectivity index (χ0n) is 16.6. The molecule has 0 saturated carbocycles. The lowest BCUT2D eigenvalue weighted by atomic mass is 9.79. The molecule has 1 atom stereocenters. The van der Waals surface area contributed by atoms with E-state index in [0.717, 1.165) is 37.3 Å². The fraction of sp³-hybridized carbons (Fsp3) is 0.259. The smallest absolute Gasteiger partial charge is 0.174 e. The molecule has 0 fully saturated rings. The van der Waals surface area contributed by atoms with Gasteiger partial charge in [-0.3, -0.25) is 0 Å². The van der Waals surface area contributed by atoms with Crippen LogP contribution in [0.4, 0.5) is 8.78 Å². The van der Waals surface area contributed by atoms with E-state index >= 15 is 0 Å². The van der Waals surface area contributed by atoms with Gasteiger partial charge in [0.05, 0.1) is 5.56 Å². The largest absolute Gasteiger partial charge is 0.204 e. The summed E-state index contributed by atoms with van der Waals surface area (Å²) in [4.78, 5) is 0. The van der Waals surface area contributed by atoms with Crippen LogP contribution < -0.4 is 0 Å². The van der Waals surface area contributed by atoms with Crippen molar-refractivity contribution in [3.8, 4) is 11.8 Å². The summed E-state index contributed by atoms with van der Waals surface area (Å²) in [6.45, 7) is 2.21. The second-order valence-corrected chi connectivity index (χ2v) is 7.77. The minimum absolute atomic E-state index is 0.0919. The molecule has 0 aliphatic heterocycles. The molecule has 0 bridgehead atoms. The van der Waals surface area contributed by atoms with E-state index in [1.165, 1.54) is 40.8 Å². The van der Waals surface area contributed by atoms with E-state index in [0.29, 0.717) is 5.92 Å². The highest BCUT2D eigenvalue weighted by atomic mass is 19.2. The maximum absolute atomic E-state index is 13.8.